The maximum Gasteiger partial charge on any atom is 0.323 e. The Labute approximate surface area is 128 Å². The largest absolute Gasteiger partial charge is 0.465 e. The van der Waals surface area contributed by atoms with Crippen LogP contribution in [0.5, 0.6) is 0 Å². The summed E-state index contributed by atoms with van der Waals surface area (Å²) in [6, 6.07) is 2.60. The van der Waals surface area contributed by atoms with Gasteiger partial charge in [0.15, 0.2) is 0 Å². The molecule has 1 saturated carbocycles. The van der Waals surface area contributed by atoms with Crippen LogP contribution in [0.3, 0.4) is 0 Å². The first-order chi connectivity index (χ1) is 10.2. The molecular formula is C17H28N2O2. The first-order valence-corrected chi connectivity index (χ1v) is 8.53. The molecule has 4 unspecified atom stereocenters. The van der Waals surface area contributed by atoms with E-state index < -0.39 is 0 Å². The van der Waals surface area contributed by atoms with Crippen molar-refractivity contribution in [3.8, 4) is 6.07 Å². The Morgan fingerprint density at radius 1 is 1.29 bits per heavy atom. The number of carbonyl (C=O) groups excluding carboxylic acids is 1. The lowest BCUT2D eigenvalue weighted by Gasteiger charge is -2.45. The Kier molecular flexibility index (Phi) is 6.05. The molecule has 2 fully saturated rings. The number of nitriles is 1. The topological polar surface area (TPSA) is 53.3 Å². The zero-order valence-corrected chi connectivity index (χ0v) is 13.4. The molecule has 0 spiro atoms. The molecule has 4 nitrogen and oxygen atoms in total. The highest BCUT2D eigenvalue weighted by Crippen LogP contribution is 2.36. The van der Waals surface area contributed by atoms with Crippen LogP contribution in [0.4, 0.5) is 0 Å². The molecule has 2 aliphatic rings. The number of piperidine rings is 1. The number of hydrogen-bond donors (Lipinski definition) is 0. The van der Waals surface area contributed by atoms with Crippen LogP contribution in [0.2, 0.25) is 0 Å². The predicted octanol–water partition coefficient (Wildman–Crippen LogP) is 3.12. The Bertz CT molecular complexity index is 391. The molecule has 1 aliphatic heterocycles. The molecule has 2 rings (SSSR count). The molecule has 0 aromatic rings. The van der Waals surface area contributed by atoms with E-state index in [1.165, 1.54) is 6.42 Å². The predicted molar refractivity (Wildman–Crippen MR) is 81.5 cm³/mol. The van der Waals surface area contributed by atoms with Gasteiger partial charge in [-0.15, -0.1) is 0 Å². The summed E-state index contributed by atoms with van der Waals surface area (Å²) in [5, 5.41) is 9.49. The first-order valence-electron chi connectivity index (χ1n) is 8.53. The average molecular weight is 292 g/mol. The van der Waals surface area contributed by atoms with Gasteiger partial charge in [-0.25, -0.2) is 0 Å². The average Bonchev–Trinajstić information content (AvgIpc) is 2.54. The lowest BCUT2D eigenvalue weighted by Crippen LogP contribution is -2.54. The molecule has 0 bridgehead atoms. The summed E-state index contributed by atoms with van der Waals surface area (Å²) in [5.41, 5.74) is 0. The van der Waals surface area contributed by atoms with Gasteiger partial charge < -0.3 is 4.74 Å². The Morgan fingerprint density at radius 2 is 2.10 bits per heavy atom. The fourth-order valence-electron chi connectivity index (χ4n) is 3.96. The molecule has 0 aromatic carbocycles. The van der Waals surface area contributed by atoms with Gasteiger partial charge in [0.05, 0.1) is 18.6 Å². The van der Waals surface area contributed by atoms with Crippen LogP contribution in [0.1, 0.15) is 58.8 Å². The minimum Gasteiger partial charge on any atom is -0.465 e. The molecule has 0 N–H and O–H groups in total. The minimum absolute atomic E-state index is 0.0721. The van der Waals surface area contributed by atoms with Crippen LogP contribution in [-0.2, 0) is 9.53 Å². The minimum atomic E-state index is -0.129. The maximum atomic E-state index is 12.3. The Morgan fingerprint density at radius 3 is 2.76 bits per heavy atom. The van der Waals surface area contributed by atoms with E-state index in [2.05, 4.69) is 17.9 Å². The van der Waals surface area contributed by atoms with Crippen molar-refractivity contribution in [2.24, 2.45) is 11.8 Å². The molecule has 118 valence electrons. The van der Waals surface area contributed by atoms with Crippen molar-refractivity contribution < 1.29 is 9.53 Å². The highest BCUT2D eigenvalue weighted by Gasteiger charge is 2.40. The van der Waals surface area contributed by atoms with E-state index in [0.717, 1.165) is 45.1 Å². The molecular weight excluding hydrogens is 264 g/mol. The third-order valence-corrected chi connectivity index (χ3v) is 5.20. The summed E-state index contributed by atoms with van der Waals surface area (Å²) in [7, 11) is 0. The highest BCUT2D eigenvalue weighted by molar-refractivity contribution is 5.76. The van der Waals surface area contributed by atoms with Gasteiger partial charge in [-0.3, -0.25) is 9.69 Å². The number of likely N-dealkylation sites (tertiary alicyclic amines) is 1. The van der Waals surface area contributed by atoms with E-state index in [9.17, 15) is 10.1 Å². The quantitative estimate of drug-likeness (QED) is 0.747. The summed E-state index contributed by atoms with van der Waals surface area (Å²) in [4.78, 5) is 14.6. The van der Waals surface area contributed by atoms with Crippen molar-refractivity contribution in [2.45, 2.75) is 70.9 Å². The summed E-state index contributed by atoms with van der Waals surface area (Å²) >= 11 is 0. The second-order valence-electron chi connectivity index (χ2n) is 6.39. The smallest absolute Gasteiger partial charge is 0.323 e. The molecule has 1 heterocycles. The van der Waals surface area contributed by atoms with Gasteiger partial charge in [-0.05, 0) is 51.5 Å². The molecule has 0 radical (unpaired) electrons. The third kappa shape index (κ3) is 3.77. The van der Waals surface area contributed by atoms with Crippen molar-refractivity contribution in [3.05, 3.63) is 0 Å². The zero-order chi connectivity index (χ0) is 15.2. The summed E-state index contributed by atoms with van der Waals surface area (Å²) in [6.07, 6.45) is 7.46. The normalized spacial score (nSPS) is 34.1. The lowest BCUT2D eigenvalue weighted by atomic mass is 9.76. The molecule has 1 saturated heterocycles. The standard InChI is InChI=1S/C17H28N2O2/c1-3-13-8-9-14(12-18)16(11-13)19-10-6-5-7-15(19)17(20)21-4-2/h13-16H,3-11H2,1-2H3. The summed E-state index contributed by atoms with van der Waals surface area (Å²) in [5.74, 6) is 0.680. The highest BCUT2D eigenvalue weighted by atomic mass is 16.5. The van der Waals surface area contributed by atoms with Crippen molar-refractivity contribution in [1.82, 2.24) is 4.90 Å². The fourth-order valence-corrected chi connectivity index (χ4v) is 3.96. The van der Waals surface area contributed by atoms with Crippen LogP contribution in [0.25, 0.3) is 0 Å². The van der Waals surface area contributed by atoms with E-state index in [-0.39, 0.29) is 24.0 Å². The fraction of sp³-hybridized carbons (Fsp3) is 0.882. The first kappa shape index (κ1) is 16.3. The summed E-state index contributed by atoms with van der Waals surface area (Å²) < 4.78 is 5.26. The van der Waals surface area contributed by atoms with Gasteiger partial charge in [0.25, 0.3) is 0 Å². The maximum absolute atomic E-state index is 12.3. The molecule has 0 aromatic heterocycles. The van der Waals surface area contributed by atoms with Gasteiger partial charge in [0.1, 0.15) is 6.04 Å². The van der Waals surface area contributed by atoms with Crippen molar-refractivity contribution in [2.75, 3.05) is 13.2 Å². The molecule has 1 aliphatic carbocycles. The number of carbonyl (C=O) groups is 1. The molecule has 0 amide bonds. The third-order valence-electron chi connectivity index (χ3n) is 5.20. The zero-order valence-electron chi connectivity index (χ0n) is 13.4. The number of nitrogens with zero attached hydrogens (tertiary/aromatic N) is 2. The second kappa shape index (κ2) is 7.79. The van der Waals surface area contributed by atoms with E-state index in [0.29, 0.717) is 12.5 Å². The van der Waals surface area contributed by atoms with E-state index in [4.69, 9.17) is 4.74 Å². The SMILES string of the molecule is CCOC(=O)C1CCCCN1C1CC(CC)CCC1C#N. The number of hydrogen-bond acceptors (Lipinski definition) is 4. The van der Waals surface area contributed by atoms with Crippen LogP contribution >= 0.6 is 0 Å². The Hall–Kier alpha value is -1.08. The van der Waals surface area contributed by atoms with Crippen LogP contribution in [0.15, 0.2) is 0 Å². The van der Waals surface area contributed by atoms with Crippen LogP contribution in [-0.4, -0.2) is 36.1 Å². The van der Waals surface area contributed by atoms with E-state index in [1.54, 1.807) is 0 Å². The number of esters is 1. The lowest BCUT2D eigenvalue weighted by molar-refractivity contribution is -0.153. The van der Waals surface area contributed by atoms with Crippen molar-refractivity contribution in [1.29, 1.82) is 5.26 Å². The molecule has 4 heteroatoms. The van der Waals surface area contributed by atoms with Gasteiger partial charge in [-0.2, -0.15) is 5.26 Å². The number of rotatable bonds is 4. The molecule has 21 heavy (non-hydrogen) atoms. The number of ether oxygens (including phenoxy) is 1. The molecule has 4 atom stereocenters. The van der Waals surface area contributed by atoms with Gasteiger partial charge >= 0.3 is 5.97 Å². The van der Waals surface area contributed by atoms with Crippen molar-refractivity contribution >= 4 is 5.97 Å². The van der Waals surface area contributed by atoms with Crippen LogP contribution < -0.4 is 0 Å². The van der Waals surface area contributed by atoms with E-state index >= 15 is 0 Å². The summed E-state index contributed by atoms with van der Waals surface area (Å²) in [6.45, 7) is 5.46. The van der Waals surface area contributed by atoms with Crippen molar-refractivity contribution in [3.63, 3.8) is 0 Å². The van der Waals surface area contributed by atoms with Gasteiger partial charge in [0.2, 0.25) is 0 Å². The van der Waals surface area contributed by atoms with Gasteiger partial charge in [-0.1, -0.05) is 19.8 Å². The monoisotopic (exact) mass is 292 g/mol. The van der Waals surface area contributed by atoms with Gasteiger partial charge in [0, 0.05) is 6.04 Å². The second-order valence-corrected chi connectivity index (χ2v) is 6.39. The Balaban J connectivity index is 2.13. The van der Waals surface area contributed by atoms with Crippen LogP contribution in [0, 0.1) is 23.2 Å². The van der Waals surface area contributed by atoms with E-state index in [1.807, 2.05) is 6.92 Å².